The standard InChI is InChI=1S/C17H13BrN2O2/c1-11(15(21)12-7-9-14(18)10-8-12)17-19-16(20-22-17)13-5-3-2-4-6-13/h2-10,15,21H,1H2. The van der Waals surface area contributed by atoms with Gasteiger partial charge in [-0.15, -0.1) is 0 Å². The van der Waals surface area contributed by atoms with Gasteiger partial charge >= 0.3 is 0 Å². The van der Waals surface area contributed by atoms with E-state index in [1.807, 2.05) is 54.6 Å². The van der Waals surface area contributed by atoms with Crippen LogP contribution in [0.25, 0.3) is 17.0 Å². The molecule has 1 heterocycles. The zero-order chi connectivity index (χ0) is 15.5. The van der Waals surface area contributed by atoms with Gasteiger partial charge in [0.2, 0.25) is 5.82 Å². The normalized spacial score (nSPS) is 12.1. The highest BCUT2D eigenvalue weighted by atomic mass is 79.9. The minimum Gasteiger partial charge on any atom is -0.383 e. The summed E-state index contributed by atoms with van der Waals surface area (Å²) in [5.41, 5.74) is 1.94. The number of aliphatic hydroxyl groups excluding tert-OH is 1. The lowest BCUT2D eigenvalue weighted by atomic mass is 10.0. The van der Waals surface area contributed by atoms with Crippen LogP contribution in [0.15, 0.2) is 70.2 Å². The number of hydrogen-bond donors (Lipinski definition) is 1. The summed E-state index contributed by atoms with van der Waals surface area (Å²) in [6.07, 6.45) is -0.892. The Morgan fingerprint density at radius 1 is 1.09 bits per heavy atom. The van der Waals surface area contributed by atoms with Crippen molar-refractivity contribution in [2.75, 3.05) is 0 Å². The molecule has 0 saturated heterocycles. The van der Waals surface area contributed by atoms with Crippen LogP contribution in [0, 0.1) is 0 Å². The maximum absolute atomic E-state index is 10.4. The van der Waals surface area contributed by atoms with Crippen LogP contribution in [0.5, 0.6) is 0 Å². The van der Waals surface area contributed by atoms with Gasteiger partial charge in [-0.1, -0.05) is 70.1 Å². The monoisotopic (exact) mass is 356 g/mol. The van der Waals surface area contributed by atoms with Crippen molar-refractivity contribution in [1.82, 2.24) is 10.1 Å². The van der Waals surface area contributed by atoms with Crippen molar-refractivity contribution < 1.29 is 9.63 Å². The number of benzene rings is 2. The highest BCUT2D eigenvalue weighted by Crippen LogP contribution is 2.29. The van der Waals surface area contributed by atoms with Crippen molar-refractivity contribution in [1.29, 1.82) is 0 Å². The van der Waals surface area contributed by atoms with E-state index in [2.05, 4.69) is 32.6 Å². The van der Waals surface area contributed by atoms with Gasteiger partial charge in [0.05, 0.1) is 0 Å². The maximum Gasteiger partial charge on any atom is 0.256 e. The second-order valence-electron chi connectivity index (χ2n) is 4.77. The molecule has 1 atom stereocenters. The van der Waals surface area contributed by atoms with Crippen LogP contribution >= 0.6 is 15.9 Å². The molecule has 0 aliphatic carbocycles. The summed E-state index contributed by atoms with van der Waals surface area (Å²) in [6.45, 7) is 3.87. The van der Waals surface area contributed by atoms with Crippen LogP contribution in [-0.4, -0.2) is 15.2 Å². The second-order valence-corrected chi connectivity index (χ2v) is 5.68. The number of aromatic nitrogens is 2. The smallest absolute Gasteiger partial charge is 0.256 e. The van der Waals surface area contributed by atoms with E-state index >= 15 is 0 Å². The summed E-state index contributed by atoms with van der Waals surface area (Å²) in [7, 11) is 0. The highest BCUT2D eigenvalue weighted by molar-refractivity contribution is 9.10. The number of aliphatic hydroxyl groups is 1. The van der Waals surface area contributed by atoms with Gasteiger partial charge in [0.15, 0.2) is 0 Å². The van der Waals surface area contributed by atoms with Gasteiger partial charge in [0, 0.05) is 15.6 Å². The van der Waals surface area contributed by atoms with Crippen LogP contribution in [0.2, 0.25) is 0 Å². The molecule has 0 spiro atoms. The first-order valence-corrected chi connectivity index (χ1v) is 7.46. The van der Waals surface area contributed by atoms with Crippen molar-refractivity contribution in [3.05, 3.63) is 77.1 Å². The third kappa shape index (κ3) is 3.00. The molecular formula is C17H13BrN2O2. The molecule has 1 N–H and O–H groups in total. The Balaban J connectivity index is 1.84. The Kier molecular flexibility index (Phi) is 4.18. The lowest BCUT2D eigenvalue weighted by Crippen LogP contribution is -2.00. The SMILES string of the molecule is C=C(c1nc(-c2ccccc2)no1)C(O)c1ccc(Br)cc1. The molecular weight excluding hydrogens is 344 g/mol. The summed E-state index contributed by atoms with van der Waals surface area (Å²) in [5, 5.41) is 14.3. The first-order valence-electron chi connectivity index (χ1n) is 6.67. The number of nitrogens with zero attached hydrogens (tertiary/aromatic N) is 2. The van der Waals surface area contributed by atoms with Gasteiger partial charge in [0.1, 0.15) is 6.10 Å². The molecule has 0 aliphatic heterocycles. The van der Waals surface area contributed by atoms with Crippen LogP contribution in [0.3, 0.4) is 0 Å². The van der Waals surface area contributed by atoms with E-state index in [-0.39, 0.29) is 5.89 Å². The summed E-state index contributed by atoms with van der Waals surface area (Å²) in [6, 6.07) is 16.8. The van der Waals surface area contributed by atoms with E-state index in [0.717, 1.165) is 10.0 Å². The Labute approximate surface area is 136 Å². The first-order chi connectivity index (χ1) is 10.6. The summed E-state index contributed by atoms with van der Waals surface area (Å²) in [5.74, 6) is 0.703. The van der Waals surface area contributed by atoms with E-state index in [1.165, 1.54) is 0 Å². The van der Waals surface area contributed by atoms with Gasteiger partial charge in [-0.25, -0.2) is 0 Å². The zero-order valence-corrected chi connectivity index (χ0v) is 13.2. The quantitative estimate of drug-likeness (QED) is 0.759. The highest BCUT2D eigenvalue weighted by Gasteiger charge is 2.19. The minimum atomic E-state index is -0.892. The molecule has 0 radical (unpaired) electrons. The van der Waals surface area contributed by atoms with Gasteiger partial charge < -0.3 is 9.63 Å². The number of halogens is 1. The second kappa shape index (κ2) is 6.25. The largest absolute Gasteiger partial charge is 0.383 e. The fourth-order valence-corrected chi connectivity index (χ4v) is 2.29. The van der Waals surface area contributed by atoms with Crippen molar-refractivity contribution in [2.24, 2.45) is 0 Å². The molecule has 0 saturated carbocycles. The summed E-state index contributed by atoms with van der Waals surface area (Å²) >= 11 is 3.36. The number of rotatable bonds is 4. The molecule has 5 heteroatoms. The molecule has 4 nitrogen and oxygen atoms in total. The van der Waals surface area contributed by atoms with E-state index in [1.54, 1.807) is 0 Å². The molecule has 110 valence electrons. The van der Waals surface area contributed by atoms with E-state index < -0.39 is 6.10 Å². The molecule has 3 aromatic rings. The third-order valence-electron chi connectivity index (χ3n) is 3.25. The van der Waals surface area contributed by atoms with Crippen molar-refractivity contribution in [2.45, 2.75) is 6.10 Å². The maximum atomic E-state index is 10.4. The predicted molar refractivity (Wildman–Crippen MR) is 87.9 cm³/mol. The molecule has 1 aromatic heterocycles. The van der Waals surface area contributed by atoms with Crippen LogP contribution in [-0.2, 0) is 0 Å². The van der Waals surface area contributed by atoms with E-state index in [0.29, 0.717) is 17.0 Å². The lowest BCUT2D eigenvalue weighted by molar-refractivity contribution is 0.233. The Hall–Kier alpha value is -2.24. The van der Waals surface area contributed by atoms with Gasteiger partial charge in [-0.05, 0) is 17.7 Å². The first kappa shape index (κ1) is 14.7. The molecule has 0 fully saturated rings. The average Bonchev–Trinajstić information content (AvgIpc) is 3.05. The molecule has 2 aromatic carbocycles. The van der Waals surface area contributed by atoms with E-state index in [9.17, 15) is 5.11 Å². The zero-order valence-electron chi connectivity index (χ0n) is 11.6. The van der Waals surface area contributed by atoms with Crippen LogP contribution in [0.1, 0.15) is 17.6 Å². The molecule has 0 amide bonds. The minimum absolute atomic E-state index is 0.231. The van der Waals surface area contributed by atoms with Crippen LogP contribution in [0.4, 0.5) is 0 Å². The van der Waals surface area contributed by atoms with Crippen molar-refractivity contribution in [3.8, 4) is 11.4 Å². The van der Waals surface area contributed by atoms with Gasteiger partial charge in [0.25, 0.3) is 5.89 Å². The summed E-state index contributed by atoms with van der Waals surface area (Å²) < 4.78 is 6.16. The Bertz CT molecular complexity index is 782. The molecule has 1 unspecified atom stereocenters. The van der Waals surface area contributed by atoms with E-state index in [4.69, 9.17) is 4.52 Å². The molecule has 0 bridgehead atoms. The fraction of sp³-hybridized carbons (Fsp3) is 0.0588. The van der Waals surface area contributed by atoms with Crippen molar-refractivity contribution >= 4 is 21.5 Å². The average molecular weight is 357 g/mol. The van der Waals surface area contributed by atoms with Gasteiger partial charge in [-0.2, -0.15) is 4.98 Å². The predicted octanol–water partition coefficient (Wildman–Crippen LogP) is 4.25. The molecule has 0 aliphatic rings. The third-order valence-corrected chi connectivity index (χ3v) is 3.78. The fourth-order valence-electron chi connectivity index (χ4n) is 2.02. The Morgan fingerprint density at radius 2 is 1.77 bits per heavy atom. The van der Waals surface area contributed by atoms with Crippen molar-refractivity contribution in [3.63, 3.8) is 0 Å². The topological polar surface area (TPSA) is 59.2 Å². The summed E-state index contributed by atoms with van der Waals surface area (Å²) in [4.78, 5) is 4.30. The lowest BCUT2D eigenvalue weighted by Gasteiger charge is -2.10. The molecule has 3 rings (SSSR count). The Morgan fingerprint density at radius 3 is 2.45 bits per heavy atom. The molecule has 22 heavy (non-hydrogen) atoms. The van der Waals surface area contributed by atoms with Crippen LogP contribution < -0.4 is 0 Å². The number of hydrogen-bond acceptors (Lipinski definition) is 4. The van der Waals surface area contributed by atoms with Gasteiger partial charge in [-0.3, -0.25) is 0 Å².